The van der Waals surface area contributed by atoms with E-state index >= 15 is 4.39 Å². The quantitative estimate of drug-likeness (QED) is 0.280. The van der Waals surface area contributed by atoms with Crippen molar-refractivity contribution in [3.05, 3.63) is 84.2 Å². The molecule has 0 N–H and O–H groups in total. The van der Waals surface area contributed by atoms with E-state index in [1.165, 1.54) is 12.1 Å². The molecule has 1 fully saturated rings. The number of hydrogen-bond donors (Lipinski definition) is 0. The van der Waals surface area contributed by atoms with Crippen LogP contribution in [0.4, 0.5) is 9.18 Å². The van der Waals surface area contributed by atoms with Gasteiger partial charge in [0.2, 0.25) is 0 Å². The molecule has 0 unspecified atom stereocenters. The van der Waals surface area contributed by atoms with Crippen molar-refractivity contribution in [1.29, 1.82) is 0 Å². The molecular formula is C31H28FN5O3. The van der Waals surface area contributed by atoms with E-state index in [-0.39, 0.29) is 30.6 Å². The number of ketones is 2. The van der Waals surface area contributed by atoms with Crippen molar-refractivity contribution in [2.75, 3.05) is 19.6 Å². The maximum Gasteiger partial charge on any atom is 0.320 e. The molecule has 3 aromatic heterocycles. The Morgan fingerprint density at radius 3 is 2.62 bits per heavy atom. The second-order valence-electron chi connectivity index (χ2n) is 10.8. The van der Waals surface area contributed by atoms with E-state index in [2.05, 4.69) is 11.6 Å². The summed E-state index contributed by atoms with van der Waals surface area (Å²) < 4.78 is 18.9. The molecule has 1 aliphatic carbocycles. The van der Waals surface area contributed by atoms with Gasteiger partial charge in [0.25, 0.3) is 0 Å². The number of carbonyl (C=O) groups excluding carboxylic acids is 3. The number of piperidine rings is 1. The molecular weight excluding hydrogens is 509 g/mol. The Labute approximate surface area is 230 Å². The minimum absolute atomic E-state index is 0.0416. The SMILES string of the molecule is C=CC1CCN(C(=O)N2CCn3cc(C4=C(c5cnc6ccccn56)C(=O)CC4=O)c4cc(F)cc(c43)C2)CC1. The van der Waals surface area contributed by atoms with E-state index in [9.17, 15) is 14.4 Å². The van der Waals surface area contributed by atoms with Gasteiger partial charge in [-0.05, 0) is 48.6 Å². The number of allylic oxidation sites excluding steroid dienone is 3. The molecule has 202 valence electrons. The first-order chi connectivity index (χ1) is 19.4. The number of rotatable bonds is 3. The van der Waals surface area contributed by atoms with Crippen LogP contribution < -0.4 is 0 Å². The zero-order chi connectivity index (χ0) is 27.5. The molecule has 40 heavy (non-hydrogen) atoms. The predicted molar refractivity (Wildman–Crippen MR) is 149 cm³/mol. The molecule has 1 aromatic carbocycles. The third kappa shape index (κ3) is 3.79. The summed E-state index contributed by atoms with van der Waals surface area (Å²) in [5, 5.41) is 0.570. The number of aromatic nitrogens is 3. The van der Waals surface area contributed by atoms with E-state index in [4.69, 9.17) is 0 Å². The van der Waals surface area contributed by atoms with Gasteiger partial charge in [-0.25, -0.2) is 14.2 Å². The molecule has 0 radical (unpaired) electrons. The van der Waals surface area contributed by atoms with Crippen LogP contribution in [0.25, 0.3) is 27.7 Å². The van der Waals surface area contributed by atoms with Crippen molar-refractivity contribution in [2.45, 2.75) is 32.4 Å². The van der Waals surface area contributed by atoms with E-state index in [0.717, 1.165) is 18.4 Å². The smallest absolute Gasteiger partial charge is 0.320 e. The summed E-state index contributed by atoms with van der Waals surface area (Å²) in [6.45, 7) is 6.45. The van der Waals surface area contributed by atoms with E-state index in [1.807, 2.05) is 46.1 Å². The topological polar surface area (TPSA) is 79.9 Å². The van der Waals surface area contributed by atoms with Crippen LogP contribution in [0.2, 0.25) is 0 Å². The Balaban J connectivity index is 1.31. The Hall–Kier alpha value is -4.53. The van der Waals surface area contributed by atoms with E-state index in [0.29, 0.717) is 71.1 Å². The van der Waals surface area contributed by atoms with Crippen molar-refractivity contribution < 1.29 is 18.8 Å². The number of amides is 2. The average Bonchev–Trinajstić information content (AvgIpc) is 3.58. The van der Waals surface area contributed by atoms with Crippen molar-refractivity contribution >= 4 is 45.3 Å². The molecule has 2 amide bonds. The molecule has 3 aliphatic rings. The van der Waals surface area contributed by atoms with Crippen LogP contribution in [0.1, 0.15) is 36.1 Å². The molecule has 8 nitrogen and oxygen atoms in total. The molecule has 7 rings (SSSR count). The van der Waals surface area contributed by atoms with Gasteiger partial charge in [0.1, 0.15) is 11.5 Å². The molecule has 0 spiro atoms. The highest BCUT2D eigenvalue weighted by Gasteiger charge is 2.36. The molecule has 2 aliphatic heterocycles. The lowest BCUT2D eigenvalue weighted by atomic mass is 9.97. The monoisotopic (exact) mass is 537 g/mol. The maximum atomic E-state index is 15.1. The van der Waals surface area contributed by atoms with Crippen LogP contribution >= 0.6 is 0 Å². The Bertz CT molecular complexity index is 1770. The number of pyridine rings is 1. The third-order valence-electron chi connectivity index (χ3n) is 8.47. The first kappa shape index (κ1) is 24.5. The van der Waals surface area contributed by atoms with Gasteiger partial charge in [-0.2, -0.15) is 0 Å². The van der Waals surface area contributed by atoms with Crippen LogP contribution in [0.5, 0.6) is 0 Å². The first-order valence-electron chi connectivity index (χ1n) is 13.6. The largest absolute Gasteiger partial charge is 0.345 e. The second-order valence-corrected chi connectivity index (χ2v) is 10.8. The normalized spacial score (nSPS) is 18.3. The lowest BCUT2D eigenvalue weighted by molar-refractivity contribution is -0.119. The third-order valence-corrected chi connectivity index (χ3v) is 8.47. The summed E-state index contributed by atoms with van der Waals surface area (Å²) in [6.07, 6.45) is 8.78. The number of imidazole rings is 1. The van der Waals surface area contributed by atoms with Gasteiger partial charge in [-0.3, -0.25) is 14.0 Å². The highest BCUT2D eigenvalue weighted by atomic mass is 19.1. The molecule has 0 atom stereocenters. The van der Waals surface area contributed by atoms with Crippen LogP contribution in [0.15, 0.2) is 61.6 Å². The summed E-state index contributed by atoms with van der Waals surface area (Å²) in [6, 6.07) is 8.39. The van der Waals surface area contributed by atoms with Gasteiger partial charge >= 0.3 is 6.03 Å². The molecule has 9 heteroatoms. The molecule has 5 heterocycles. The van der Waals surface area contributed by atoms with E-state index in [1.54, 1.807) is 15.5 Å². The molecule has 0 saturated carbocycles. The van der Waals surface area contributed by atoms with Crippen molar-refractivity contribution in [3.63, 3.8) is 0 Å². The number of likely N-dealkylation sites (tertiary alicyclic amines) is 1. The highest BCUT2D eigenvalue weighted by Crippen LogP contribution is 2.41. The van der Waals surface area contributed by atoms with Crippen LogP contribution in [-0.4, -0.2) is 61.0 Å². The number of halogens is 1. The van der Waals surface area contributed by atoms with Gasteiger partial charge in [-0.1, -0.05) is 12.1 Å². The number of benzene rings is 1. The number of hydrogen-bond acceptors (Lipinski definition) is 4. The Kier molecular flexibility index (Phi) is 5.69. The van der Waals surface area contributed by atoms with Crippen LogP contribution in [0.3, 0.4) is 0 Å². The van der Waals surface area contributed by atoms with Crippen molar-refractivity contribution in [1.82, 2.24) is 23.8 Å². The molecule has 4 aromatic rings. The summed E-state index contributed by atoms with van der Waals surface area (Å²) in [7, 11) is 0. The van der Waals surface area contributed by atoms with Gasteiger partial charge in [0.05, 0.1) is 29.4 Å². The fraction of sp³-hybridized carbons (Fsp3) is 0.290. The van der Waals surface area contributed by atoms with Gasteiger partial charge in [0.15, 0.2) is 11.6 Å². The van der Waals surface area contributed by atoms with E-state index < -0.39 is 5.82 Å². The number of fused-ring (bicyclic) bond motifs is 1. The molecule has 1 saturated heterocycles. The van der Waals surface area contributed by atoms with Gasteiger partial charge < -0.3 is 14.4 Å². The van der Waals surface area contributed by atoms with Gasteiger partial charge in [-0.15, -0.1) is 6.58 Å². The lowest BCUT2D eigenvalue weighted by Gasteiger charge is -2.34. The summed E-state index contributed by atoms with van der Waals surface area (Å²) >= 11 is 0. The highest BCUT2D eigenvalue weighted by molar-refractivity contribution is 6.51. The van der Waals surface area contributed by atoms with Crippen molar-refractivity contribution in [2.24, 2.45) is 5.92 Å². The number of nitrogens with zero attached hydrogens (tertiary/aromatic N) is 5. The van der Waals surface area contributed by atoms with Crippen molar-refractivity contribution in [3.8, 4) is 0 Å². The first-order valence-corrected chi connectivity index (χ1v) is 13.6. The minimum atomic E-state index is -0.448. The zero-order valence-electron chi connectivity index (χ0n) is 22.0. The number of carbonyl (C=O) groups is 3. The minimum Gasteiger partial charge on any atom is -0.345 e. The maximum absolute atomic E-state index is 15.1. The standard InChI is InChI=1S/C31H28FN5O3/c1-2-19-6-9-34(10-7-19)31(40)36-12-11-35-18-23(22-14-21(32)13-20(17-36)30(22)35)28-25(38)15-26(39)29(28)24-16-33-27-5-3-4-8-37(24)27/h2-5,8,13-14,16,18-19H,1,6-7,9-12,15,17H2. The lowest BCUT2D eigenvalue weighted by Crippen LogP contribution is -2.46. The molecule has 0 bridgehead atoms. The predicted octanol–water partition coefficient (Wildman–Crippen LogP) is 4.71. The Morgan fingerprint density at radius 2 is 1.82 bits per heavy atom. The second kappa shape index (κ2) is 9.29. The summed E-state index contributed by atoms with van der Waals surface area (Å²) in [4.78, 5) is 48.0. The fourth-order valence-corrected chi connectivity index (χ4v) is 6.46. The Morgan fingerprint density at radius 1 is 1.02 bits per heavy atom. The number of Topliss-reactive ketones (excluding diaryl/α,β-unsaturated/α-hetero) is 2. The van der Waals surface area contributed by atoms with Crippen LogP contribution in [0, 0.1) is 11.7 Å². The van der Waals surface area contributed by atoms with Gasteiger partial charge in [0, 0.05) is 61.6 Å². The summed E-state index contributed by atoms with van der Waals surface area (Å²) in [5.41, 5.74) is 3.83. The zero-order valence-corrected chi connectivity index (χ0v) is 22.0. The average molecular weight is 538 g/mol. The van der Waals surface area contributed by atoms with Crippen LogP contribution in [-0.2, 0) is 22.7 Å². The summed E-state index contributed by atoms with van der Waals surface area (Å²) in [5.74, 6) is -0.573. The number of urea groups is 1. The fourth-order valence-electron chi connectivity index (χ4n) is 6.46.